The maximum atomic E-state index is 11.9. The van der Waals surface area contributed by atoms with E-state index in [0.717, 1.165) is 11.3 Å². The summed E-state index contributed by atoms with van der Waals surface area (Å²) in [7, 11) is 0. The van der Waals surface area contributed by atoms with Crippen molar-refractivity contribution < 1.29 is 20.0 Å². The van der Waals surface area contributed by atoms with Crippen molar-refractivity contribution in [2.45, 2.75) is 65.2 Å². The lowest BCUT2D eigenvalue weighted by Crippen LogP contribution is -2.66. The highest BCUT2D eigenvalue weighted by Crippen LogP contribution is 2.19. The van der Waals surface area contributed by atoms with Gasteiger partial charge in [-0.1, -0.05) is 12.1 Å². The Bertz CT molecular complexity index is 466. The summed E-state index contributed by atoms with van der Waals surface area (Å²) in [5.74, 6) is 0.557. The van der Waals surface area contributed by atoms with Gasteiger partial charge in [0.15, 0.2) is 6.04 Å². The lowest BCUT2D eigenvalue weighted by atomic mass is 10.2. The highest BCUT2D eigenvalue weighted by atomic mass is 16.8. The van der Waals surface area contributed by atoms with Gasteiger partial charge < -0.3 is 15.2 Å². The van der Waals surface area contributed by atoms with Crippen LogP contribution < -0.4 is 10.5 Å². The van der Waals surface area contributed by atoms with Crippen LogP contribution in [0.3, 0.4) is 0 Å². The average Bonchev–Trinajstić information content (AvgIpc) is 2.27. The number of esters is 1. The maximum Gasteiger partial charge on any atom is 0.365 e. The van der Waals surface area contributed by atoms with Gasteiger partial charge in [0.05, 0.1) is 0 Å². The fourth-order valence-electron chi connectivity index (χ4n) is 1.80. The molecule has 0 amide bonds. The van der Waals surface area contributed by atoms with E-state index in [9.17, 15) is 4.79 Å². The molecule has 1 rings (SSSR count). The topological polar surface area (TPSA) is 63.2 Å². The van der Waals surface area contributed by atoms with Crippen molar-refractivity contribution >= 4 is 5.97 Å². The minimum atomic E-state index is -0.475. The maximum absolute atomic E-state index is 11.9. The SMILES string of the molecule is CC(C)(C)O[14C](=O)[14C@@H]([NH3+])[14CH2][14c]1[14cH][14cH][14c](OC(C)(C)C)[14cH][14cH]1. The first-order valence-electron chi connectivity index (χ1n) is 7.30. The monoisotopic (exact) mass is 312 g/mol. The summed E-state index contributed by atoms with van der Waals surface area (Å²) in [4.78, 5) is 11.9. The Labute approximate surface area is 127 Å². The standard InChI is InChI=1S/C17H27NO3/c1-16(2,3)20-13-9-7-12(8-10-13)11-14(18)15(19)21-17(4,5)6/h7-10,14H,11,18H2,1-6H3/p+1/t14-/m0/s1/i7+2,8+2,9+2,10+2,11+2,12+2,13+2,14+2,15+2. The van der Waals surface area contributed by atoms with Crippen molar-refractivity contribution in [1.82, 2.24) is 0 Å². The fourth-order valence-corrected chi connectivity index (χ4v) is 1.80. The normalized spacial score (nSPS) is 13.7. The molecular formula is C17H28NO3+. The minimum Gasteiger partial charge on any atom is -0.488 e. The Morgan fingerprint density at radius 1 is 1.05 bits per heavy atom. The lowest BCUT2D eigenvalue weighted by molar-refractivity contribution is -0.409. The molecule has 0 unspecified atom stereocenters. The molecule has 118 valence electrons. The first-order chi connectivity index (χ1) is 9.46. The number of hydrogen-bond donors (Lipinski definition) is 1. The highest BCUT2D eigenvalue weighted by Gasteiger charge is 2.25. The van der Waals surface area contributed by atoms with Crippen molar-refractivity contribution in [2.24, 2.45) is 0 Å². The molecule has 21 heavy (non-hydrogen) atoms. The second-order valence-corrected chi connectivity index (χ2v) is 7.29. The molecular weight excluding hydrogens is 284 g/mol. The number of hydrogen-bond acceptors (Lipinski definition) is 3. The van der Waals surface area contributed by atoms with Crippen LogP contribution in [0.5, 0.6) is 5.75 Å². The molecule has 0 bridgehead atoms. The van der Waals surface area contributed by atoms with E-state index < -0.39 is 11.6 Å². The van der Waals surface area contributed by atoms with E-state index in [2.05, 4.69) is 5.73 Å². The van der Waals surface area contributed by atoms with Gasteiger partial charge >= 0.3 is 5.97 Å². The number of benzene rings is 1. The van der Waals surface area contributed by atoms with E-state index in [1.54, 1.807) is 0 Å². The Morgan fingerprint density at radius 2 is 1.57 bits per heavy atom. The molecule has 0 aliphatic carbocycles. The molecule has 0 aliphatic rings. The van der Waals surface area contributed by atoms with E-state index >= 15 is 0 Å². The Balaban J connectivity index is 2.61. The van der Waals surface area contributed by atoms with Gasteiger partial charge in [-0.15, -0.1) is 0 Å². The molecule has 0 aliphatic heterocycles. The van der Waals surface area contributed by atoms with Crippen LogP contribution in [0.1, 0.15) is 47.1 Å². The van der Waals surface area contributed by atoms with Crippen LogP contribution in [-0.4, -0.2) is 23.2 Å². The summed E-state index contributed by atoms with van der Waals surface area (Å²) in [5, 5.41) is 0. The second-order valence-electron chi connectivity index (χ2n) is 7.29. The smallest absolute Gasteiger partial charge is 0.365 e. The molecule has 4 heteroatoms. The molecule has 0 radical (unpaired) electrons. The molecule has 0 aromatic heterocycles. The number of quaternary nitrogens is 1. The Hall–Kier alpha value is -1.55. The minimum absolute atomic E-state index is 0.215. The van der Waals surface area contributed by atoms with Crippen molar-refractivity contribution in [2.75, 3.05) is 0 Å². The molecule has 0 saturated heterocycles. The summed E-state index contributed by atoms with van der Waals surface area (Å²) in [6.07, 6.45) is 0.560. The molecule has 1 atom stereocenters. The van der Waals surface area contributed by atoms with Gasteiger partial charge in [-0.25, -0.2) is 4.79 Å². The third-order valence-corrected chi connectivity index (χ3v) is 2.57. The summed E-state index contributed by atoms with van der Waals surface area (Å²) < 4.78 is 11.1. The zero-order valence-electron chi connectivity index (χ0n) is 14.0. The summed E-state index contributed by atoms with van der Waals surface area (Å²) >= 11 is 0. The van der Waals surface area contributed by atoms with Crippen molar-refractivity contribution in [3.05, 3.63) is 29.8 Å². The van der Waals surface area contributed by atoms with Gasteiger partial charge in [0.2, 0.25) is 0 Å². The van der Waals surface area contributed by atoms with E-state index in [1.807, 2.05) is 65.8 Å². The Kier molecular flexibility index (Phi) is 5.40. The molecule has 0 heterocycles. The molecule has 0 fully saturated rings. The third kappa shape index (κ3) is 7.14. The largest absolute Gasteiger partial charge is 0.488 e. The van der Waals surface area contributed by atoms with Crippen molar-refractivity contribution in [3.8, 4) is 5.75 Å². The van der Waals surface area contributed by atoms with Crippen LogP contribution in [0.15, 0.2) is 24.3 Å². The molecule has 0 spiro atoms. The zero-order valence-corrected chi connectivity index (χ0v) is 14.0. The summed E-state index contributed by atoms with van der Waals surface area (Å²) in [6, 6.07) is 7.36. The third-order valence-electron chi connectivity index (χ3n) is 2.57. The van der Waals surface area contributed by atoms with Crippen molar-refractivity contribution in [3.63, 3.8) is 0 Å². The number of carbonyl (C=O) groups is 1. The van der Waals surface area contributed by atoms with Crippen LogP contribution in [0.4, 0.5) is 0 Å². The highest BCUT2D eigenvalue weighted by molar-refractivity contribution is 5.74. The van der Waals surface area contributed by atoms with Crippen LogP contribution in [0, 0.1) is 0 Å². The van der Waals surface area contributed by atoms with Crippen LogP contribution in [-0.2, 0) is 16.0 Å². The first kappa shape index (κ1) is 17.5. The number of rotatable bonds is 4. The number of ether oxygens (including phenoxy) is 2. The van der Waals surface area contributed by atoms with E-state index in [-0.39, 0.29) is 11.6 Å². The van der Waals surface area contributed by atoms with E-state index in [1.165, 1.54) is 0 Å². The zero-order chi connectivity index (χ0) is 16.3. The van der Waals surface area contributed by atoms with Crippen LogP contribution >= 0.6 is 0 Å². The molecule has 0 saturated carbocycles. The summed E-state index contributed by atoms with van der Waals surface area (Å²) in [6.45, 7) is 11.6. The van der Waals surface area contributed by atoms with Gasteiger partial charge in [0, 0.05) is 6.42 Å². The molecule has 4 nitrogen and oxygen atoms in total. The predicted octanol–water partition coefficient (Wildman–Crippen LogP) is 2.36. The number of carbonyl (C=O) groups excluding carboxylic acids is 1. The van der Waals surface area contributed by atoms with E-state index in [4.69, 9.17) is 9.47 Å². The molecule has 3 N–H and O–H groups in total. The van der Waals surface area contributed by atoms with E-state index in [0.29, 0.717) is 6.42 Å². The summed E-state index contributed by atoms with van der Waals surface area (Å²) in [5.41, 5.74) is 4.25. The first-order valence-corrected chi connectivity index (χ1v) is 7.30. The van der Waals surface area contributed by atoms with Gasteiger partial charge in [0.1, 0.15) is 17.0 Å². The quantitative estimate of drug-likeness (QED) is 0.868. The van der Waals surface area contributed by atoms with Gasteiger partial charge in [-0.2, -0.15) is 0 Å². The Morgan fingerprint density at radius 3 is 2.00 bits per heavy atom. The molecule has 1 aromatic rings. The van der Waals surface area contributed by atoms with Gasteiger partial charge in [-0.3, -0.25) is 0 Å². The van der Waals surface area contributed by atoms with Crippen LogP contribution in [0.2, 0.25) is 0 Å². The molecule has 1 aromatic carbocycles. The second kappa shape index (κ2) is 6.48. The fraction of sp³-hybridized carbons (Fsp3) is 0.588. The predicted molar refractivity (Wildman–Crippen MR) is 83.0 cm³/mol. The van der Waals surface area contributed by atoms with Crippen LogP contribution in [0.25, 0.3) is 0 Å². The average molecular weight is 312 g/mol. The van der Waals surface area contributed by atoms with Crippen molar-refractivity contribution in [1.29, 1.82) is 0 Å². The van der Waals surface area contributed by atoms with Gasteiger partial charge in [0.25, 0.3) is 0 Å². The van der Waals surface area contributed by atoms with Gasteiger partial charge in [-0.05, 0) is 59.2 Å². The lowest BCUT2D eigenvalue weighted by Gasteiger charge is -2.22.